The van der Waals surface area contributed by atoms with E-state index in [0.29, 0.717) is 0 Å². The van der Waals surface area contributed by atoms with Crippen LogP contribution in [0.15, 0.2) is 0 Å². The van der Waals surface area contributed by atoms with Crippen LogP contribution in [0.2, 0.25) is 0 Å². The monoisotopic (exact) mass is 200 g/mol. The molecule has 1 saturated heterocycles. The van der Waals surface area contributed by atoms with Crippen LogP contribution >= 0.6 is 0 Å². The van der Waals surface area contributed by atoms with Crippen LogP contribution in [0.4, 0.5) is 0 Å². The summed E-state index contributed by atoms with van der Waals surface area (Å²) in [5.74, 6) is -0.154. The normalized spacial score (nSPS) is 19.9. The number of carbonyl (C=O) groups excluding carboxylic acids is 1. The first-order valence-electron chi connectivity index (χ1n) is 5.09. The molecule has 4 nitrogen and oxygen atoms in total. The van der Waals surface area contributed by atoms with Gasteiger partial charge in [0.25, 0.3) is 0 Å². The van der Waals surface area contributed by atoms with Gasteiger partial charge >= 0.3 is 0 Å². The average molecular weight is 200 g/mol. The van der Waals surface area contributed by atoms with Gasteiger partial charge in [0.1, 0.15) is 6.61 Å². The molecule has 1 fully saturated rings. The summed E-state index contributed by atoms with van der Waals surface area (Å²) in [5.41, 5.74) is 0.175. The molecule has 82 valence electrons. The molecule has 0 unspecified atom stereocenters. The second-order valence-corrected chi connectivity index (χ2v) is 4.70. The fraction of sp³-hybridized carbons (Fsp3) is 0.900. The summed E-state index contributed by atoms with van der Waals surface area (Å²) in [6, 6.07) is 0. The largest absolute Gasteiger partial charge is 0.387 e. The van der Waals surface area contributed by atoms with E-state index in [-0.39, 0.29) is 18.1 Å². The number of carbonyl (C=O) groups is 1. The molecule has 4 heteroatoms. The second-order valence-electron chi connectivity index (χ2n) is 4.70. The van der Waals surface area contributed by atoms with Gasteiger partial charge in [0.15, 0.2) is 0 Å². The van der Waals surface area contributed by atoms with E-state index in [4.69, 9.17) is 5.11 Å². The topological polar surface area (TPSA) is 43.8 Å². The average Bonchev–Trinajstić information content (AvgIpc) is 2.15. The van der Waals surface area contributed by atoms with Gasteiger partial charge in [0, 0.05) is 31.7 Å². The van der Waals surface area contributed by atoms with Crippen molar-refractivity contribution in [2.24, 2.45) is 0 Å². The maximum absolute atomic E-state index is 11.2. The van der Waals surface area contributed by atoms with Crippen molar-refractivity contribution in [2.45, 2.75) is 26.3 Å². The summed E-state index contributed by atoms with van der Waals surface area (Å²) in [4.78, 5) is 15.3. The zero-order chi connectivity index (χ0) is 10.8. The minimum atomic E-state index is -0.366. The van der Waals surface area contributed by atoms with Gasteiger partial charge in [0.05, 0.1) is 0 Å². The molecule has 0 spiro atoms. The fourth-order valence-electron chi connectivity index (χ4n) is 1.73. The molecule has 1 amide bonds. The maximum Gasteiger partial charge on any atom is 0.248 e. The van der Waals surface area contributed by atoms with Gasteiger partial charge in [0.2, 0.25) is 5.91 Å². The summed E-state index contributed by atoms with van der Waals surface area (Å²) in [5, 5.41) is 8.71. The molecule has 1 aliphatic heterocycles. The minimum absolute atomic E-state index is 0.154. The van der Waals surface area contributed by atoms with Crippen LogP contribution in [0, 0.1) is 0 Å². The van der Waals surface area contributed by atoms with Gasteiger partial charge in [-0.1, -0.05) is 0 Å². The molecule has 0 aromatic rings. The first-order chi connectivity index (χ1) is 6.45. The molecule has 1 heterocycles. The number of hydrogen-bond acceptors (Lipinski definition) is 3. The smallest absolute Gasteiger partial charge is 0.248 e. The van der Waals surface area contributed by atoms with Crippen LogP contribution in [0.1, 0.15) is 20.8 Å². The molecular formula is C10H20N2O2. The number of piperazine rings is 1. The van der Waals surface area contributed by atoms with Crippen LogP contribution in [0.25, 0.3) is 0 Å². The molecule has 0 aromatic heterocycles. The van der Waals surface area contributed by atoms with E-state index >= 15 is 0 Å². The molecule has 0 atom stereocenters. The molecule has 0 radical (unpaired) electrons. The standard InChI is InChI=1S/C10H20N2O2/c1-10(2,3)12-6-4-11(5-7-12)9(14)8-13/h13H,4-8H2,1-3H3. The van der Waals surface area contributed by atoms with Crippen LogP contribution in [0.5, 0.6) is 0 Å². The van der Waals surface area contributed by atoms with E-state index in [0.717, 1.165) is 26.2 Å². The van der Waals surface area contributed by atoms with E-state index in [9.17, 15) is 4.79 Å². The first kappa shape index (κ1) is 11.5. The summed E-state index contributed by atoms with van der Waals surface area (Å²) >= 11 is 0. The minimum Gasteiger partial charge on any atom is -0.387 e. The summed E-state index contributed by atoms with van der Waals surface area (Å²) in [6.07, 6.45) is 0. The van der Waals surface area contributed by atoms with E-state index in [1.165, 1.54) is 0 Å². The Bertz CT molecular complexity index is 203. The number of amides is 1. The van der Waals surface area contributed by atoms with Crippen molar-refractivity contribution >= 4 is 5.91 Å². The van der Waals surface area contributed by atoms with E-state index in [1.54, 1.807) is 4.90 Å². The third kappa shape index (κ3) is 2.69. The molecule has 0 saturated carbocycles. The molecule has 0 aromatic carbocycles. The molecule has 1 N–H and O–H groups in total. The highest BCUT2D eigenvalue weighted by Crippen LogP contribution is 2.15. The lowest BCUT2D eigenvalue weighted by atomic mass is 10.1. The van der Waals surface area contributed by atoms with E-state index in [1.807, 2.05) is 0 Å². The number of aliphatic hydroxyl groups is 1. The van der Waals surface area contributed by atoms with Crippen LogP contribution in [-0.2, 0) is 4.79 Å². The van der Waals surface area contributed by atoms with Gasteiger partial charge in [-0.25, -0.2) is 0 Å². The third-order valence-electron chi connectivity index (χ3n) is 2.72. The van der Waals surface area contributed by atoms with E-state index < -0.39 is 0 Å². The molecule has 14 heavy (non-hydrogen) atoms. The molecule has 0 aliphatic carbocycles. The highest BCUT2D eigenvalue weighted by Gasteiger charge is 2.27. The Labute approximate surface area is 85.5 Å². The Balaban J connectivity index is 2.43. The lowest BCUT2D eigenvalue weighted by Gasteiger charge is -2.42. The zero-order valence-electron chi connectivity index (χ0n) is 9.29. The number of aliphatic hydroxyl groups excluding tert-OH is 1. The van der Waals surface area contributed by atoms with Crippen molar-refractivity contribution in [3.05, 3.63) is 0 Å². The predicted molar refractivity (Wildman–Crippen MR) is 55.0 cm³/mol. The number of rotatable bonds is 1. The van der Waals surface area contributed by atoms with Crippen molar-refractivity contribution < 1.29 is 9.90 Å². The first-order valence-corrected chi connectivity index (χ1v) is 5.09. The Morgan fingerprint density at radius 3 is 2.07 bits per heavy atom. The Hall–Kier alpha value is -0.610. The molecule has 0 bridgehead atoms. The van der Waals surface area contributed by atoms with Crippen molar-refractivity contribution in [2.75, 3.05) is 32.8 Å². The Kier molecular flexibility index (Phi) is 3.50. The van der Waals surface area contributed by atoms with Gasteiger partial charge in [-0.05, 0) is 20.8 Å². The number of nitrogens with zero attached hydrogens (tertiary/aromatic N) is 2. The summed E-state index contributed by atoms with van der Waals surface area (Å²) < 4.78 is 0. The molecule has 1 aliphatic rings. The zero-order valence-corrected chi connectivity index (χ0v) is 9.29. The highest BCUT2D eigenvalue weighted by molar-refractivity contribution is 5.77. The maximum atomic E-state index is 11.2. The Morgan fingerprint density at radius 2 is 1.71 bits per heavy atom. The fourth-order valence-corrected chi connectivity index (χ4v) is 1.73. The highest BCUT2D eigenvalue weighted by atomic mass is 16.3. The van der Waals surface area contributed by atoms with Crippen molar-refractivity contribution in [3.63, 3.8) is 0 Å². The van der Waals surface area contributed by atoms with E-state index in [2.05, 4.69) is 25.7 Å². The second kappa shape index (κ2) is 4.28. The van der Waals surface area contributed by atoms with Crippen molar-refractivity contribution in [1.29, 1.82) is 0 Å². The third-order valence-corrected chi connectivity index (χ3v) is 2.72. The van der Waals surface area contributed by atoms with Gasteiger partial charge < -0.3 is 10.0 Å². The van der Waals surface area contributed by atoms with Gasteiger partial charge in [-0.2, -0.15) is 0 Å². The van der Waals surface area contributed by atoms with Crippen LogP contribution < -0.4 is 0 Å². The Morgan fingerprint density at radius 1 is 1.21 bits per heavy atom. The van der Waals surface area contributed by atoms with Crippen molar-refractivity contribution in [3.8, 4) is 0 Å². The quantitative estimate of drug-likeness (QED) is 0.644. The lowest BCUT2D eigenvalue weighted by molar-refractivity contribution is -0.136. The van der Waals surface area contributed by atoms with Crippen LogP contribution in [0.3, 0.4) is 0 Å². The van der Waals surface area contributed by atoms with Crippen molar-refractivity contribution in [1.82, 2.24) is 9.80 Å². The molecular weight excluding hydrogens is 180 g/mol. The SMILES string of the molecule is CC(C)(C)N1CCN(C(=O)CO)CC1. The summed E-state index contributed by atoms with van der Waals surface area (Å²) in [6.45, 7) is 9.43. The van der Waals surface area contributed by atoms with Gasteiger partial charge in [-0.15, -0.1) is 0 Å². The predicted octanol–water partition coefficient (Wildman–Crippen LogP) is -0.0786. The van der Waals surface area contributed by atoms with Gasteiger partial charge in [-0.3, -0.25) is 9.69 Å². The van der Waals surface area contributed by atoms with Crippen LogP contribution in [-0.4, -0.2) is 59.1 Å². The molecule has 1 rings (SSSR count). The number of hydrogen-bond donors (Lipinski definition) is 1. The lowest BCUT2D eigenvalue weighted by Crippen LogP contribution is -2.55. The summed E-state index contributed by atoms with van der Waals surface area (Å²) in [7, 11) is 0.